The van der Waals surface area contributed by atoms with E-state index in [9.17, 15) is 4.79 Å². The van der Waals surface area contributed by atoms with Gasteiger partial charge < -0.3 is 9.47 Å². The molecule has 1 aromatic carbocycles. The van der Waals surface area contributed by atoms with Crippen LogP contribution in [0, 0.1) is 0 Å². The van der Waals surface area contributed by atoms with Gasteiger partial charge in [0.2, 0.25) is 0 Å². The molecule has 16 heavy (non-hydrogen) atoms. The maximum Gasteiger partial charge on any atom is 0.179 e. The van der Waals surface area contributed by atoms with E-state index < -0.39 is 4.32 Å². The first kappa shape index (κ1) is 11.5. The van der Waals surface area contributed by atoms with Gasteiger partial charge >= 0.3 is 0 Å². The van der Waals surface area contributed by atoms with E-state index in [0.717, 1.165) is 0 Å². The van der Waals surface area contributed by atoms with Crippen LogP contribution >= 0.6 is 15.9 Å². The van der Waals surface area contributed by atoms with E-state index in [2.05, 4.69) is 15.9 Å². The van der Waals surface area contributed by atoms with E-state index in [4.69, 9.17) is 9.47 Å². The molecule has 1 aliphatic rings. The molecule has 86 valence electrons. The van der Waals surface area contributed by atoms with Gasteiger partial charge in [-0.3, -0.25) is 4.79 Å². The Morgan fingerprint density at radius 1 is 1.25 bits per heavy atom. The number of ether oxygens (including phenoxy) is 2. The average Bonchev–Trinajstić information content (AvgIpc) is 2.26. The Balaban J connectivity index is 2.34. The van der Waals surface area contributed by atoms with Crippen LogP contribution in [0.1, 0.15) is 24.2 Å². The fourth-order valence-corrected chi connectivity index (χ4v) is 1.76. The Hall–Kier alpha value is -1.03. The van der Waals surface area contributed by atoms with Crippen molar-refractivity contribution in [3.8, 4) is 11.5 Å². The van der Waals surface area contributed by atoms with Crippen molar-refractivity contribution >= 4 is 21.7 Å². The Bertz CT molecular complexity index is 421. The summed E-state index contributed by atoms with van der Waals surface area (Å²) in [5.74, 6) is 1.38. The molecule has 0 atom stereocenters. The number of halogens is 1. The van der Waals surface area contributed by atoms with Crippen molar-refractivity contribution in [2.45, 2.75) is 18.2 Å². The maximum atomic E-state index is 12.0. The molecule has 0 saturated heterocycles. The average molecular weight is 285 g/mol. The summed E-state index contributed by atoms with van der Waals surface area (Å²) in [6.07, 6.45) is 0. The summed E-state index contributed by atoms with van der Waals surface area (Å²) in [5.41, 5.74) is 0.631. The third-order valence-corrected chi connectivity index (χ3v) is 2.70. The van der Waals surface area contributed by atoms with Gasteiger partial charge in [-0.25, -0.2) is 0 Å². The molecule has 0 unspecified atom stereocenters. The van der Waals surface area contributed by atoms with Gasteiger partial charge in [0, 0.05) is 5.56 Å². The van der Waals surface area contributed by atoms with Crippen molar-refractivity contribution in [3.63, 3.8) is 0 Å². The molecule has 1 aromatic rings. The summed E-state index contributed by atoms with van der Waals surface area (Å²) >= 11 is 3.36. The Kier molecular flexibility index (Phi) is 2.93. The molecule has 2 rings (SSSR count). The molecule has 0 N–H and O–H groups in total. The van der Waals surface area contributed by atoms with Gasteiger partial charge in [-0.2, -0.15) is 0 Å². The largest absolute Gasteiger partial charge is 0.486 e. The van der Waals surface area contributed by atoms with Crippen LogP contribution in [0.25, 0.3) is 0 Å². The fraction of sp³-hybridized carbons (Fsp3) is 0.417. The number of benzene rings is 1. The zero-order chi connectivity index (χ0) is 11.8. The van der Waals surface area contributed by atoms with Crippen LogP contribution in [0.2, 0.25) is 0 Å². The molecule has 0 saturated carbocycles. The lowest BCUT2D eigenvalue weighted by molar-refractivity contribution is 0.0960. The molecule has 1 heterocycles. The summed E-state index contributed by atoms with van der Waals surface area (Å²) in [5, 5.41) is 0. The summed E-state index contributed by atoms with van der Waals surface area (Å²) in [4.78, 5) is 12.0. The SMILES string of the molecule is CC(C)(Br)C(=O)c1ccc2c(c1)OCCO2. The molecule has 4 heteroatoms. The topological polar surface area (TPSA) is 35.5 Å². The molecule has 0 radical (unpaired) electrons. The number of carbonyl (C=O) groups is 1. The Morgan fingerprint density at radius 2 is 1.88 bits per heavy atom. The number of rotatable bonds is 2. The lowest BCUT2D eigenvalue weighted by Crippen LogP contribution is -2.24. The van der Waals surface area contributed by atoms with Gasteiger partial charge in [0.05, 0.1) is 4.32 Å². The minimum absolute atomic E-state index is 0.0319. The van der Waals surface area contributed by atoms with Crippen LogP contribution in [-0.4, -0.2) is 23.3 Å². The second kappa shape index (κ2) is 4.09. The highest BCUT2D eigenvalue weighted by Gasteiger charge is 2.26. The Labute approximate surface area is 103 Å². The lowest BCUT2D eigenvalue weighted by Gasteiger charge is -2.20. The molecule has 0 spiro atoms. The molecular formula is C12H13BrO3. The zero-order valence-corrected chi connectivity index (χ0v) is 10.8. The van der Waals surface area contributed by atoms with E-state index >= 15 is 0 Å². The molecule has 0 aromatic heterocycles. The molecular weight excluding hydrogens is 272 g/mol. The van der Waals surface area contributed by atoms with Crippen molar-refractivity contribution in [1.82, 2.24) is 0 Å². The number of fused-ring (bicyclic) bond motifs is 1. The second-order valence-corrected chi connectivity index (χ2v) is 6.14. The highest BCUT2D eigenvalue weighted by molar-refractivity contribution is 9.10. The van der Waals surface area contributed by atoms with E-state index in [1.165, 1.54) is 0 Å². The molecule has 0 bridgehead atoms. The van der Waals surface area contributed by atoms with Gasteiger partial charge in [0.25, 0.3) is 0 Å². The summed E-state index contributed by atoms with van der Waals surface area (Å²) in [6.45, 7) is 4.74. The standard InChI is InChI=1S/C12H13BrO3/c1-12(2,13)11(14)8-3-4-9-10(7-8)16-6-5-15-9/h3-4,7H,5-6H2,1-2H3. The van der Waals surface area contributed by atoms with Crippen molar-refractivity contribution in [2.24, 2.45) is 0 Å². The number of carbonyl (C=O) groups excluding carboxylic acids is 1. The van der Waals surface area contributed by atoms with E-state index in [1.807, 2.05) is 13.8 Å². The number of hydrogen-bond donors (Lipinski definition) is 0. The number of alkyl halides is 1. The third-order valence-electron chi connectivity index (χ3n) is 2.34. The van der Waals surface area contributed by atoms with Gasteiger partial charge in [-0.05, 0) is 32.0 Å². The van der Waals surface area contributed by atoms with Crippen LogP contribution in [0.3, 0.4) is 0 Å². The van der Waals surface area contributed by atoms with Gasteiger partial charge in [0.15, 0.2) is 17.3 Å². The van der Waals surface area contributed by atoms with Crippen LogP contribution < -0.4 is 9.47 Å². The normalized spacial score (nSPS) is 14.7. The minimum Gasteiger partial charge on any atom is -0.486 e. The maximum absolute atomic E-state index is 12.0. The summed E-state index contributed by atoms with van der Waals surface area (Å²) in [6, 6.07) is 5.28. The van der Waals surface area contributed by atoms with E-state index in [1.54, 1.807) is 18.2 Å². The summed E-state index contributed by atoms with van der Waals surface area (Å²) in [7, 11) is 0. The van der Waals surface area contributed by atoms with Crippen LogP contribution in [-0.2, 0) is 0 Å². The number of Topliss-reactive ketones (excluding diaryl/α,β-unsaturated/α-hetero) is 1. The Morgan fingerprint density at radius 3 is 2.50 bits per heavy atom. The van der Waals surface area contributed by atoms with Crippen LogP contribution in [0.5, 0.6) is 11.5 Å². The first-order chi connectivity index (χ1) is 7.48. The van der Waals surface area contributed by atoms with Gasteiger partial charge in [-0.15, -0.1) is 0 Å². The molecule has 1 aliphatic heterocycles. The van der Waals surface area contributed by atoms with Crippen molar-refractivity contribution < 1.29 is 14.3 Å². The summed E-state index contributed by atoms with van der Waals surface area (Å²) < 4.78 is 10.3. The molecule has 0 fully saturated rings. The predicted octanol–water partition coefficient (Wildman–Crippen LogP) is 2.81. The highest BCUT2D eigenvalue weighted by Crippen LogP contribution is 2.32. The van der Waals surface area contributed by atoms with Crippen molar-refractivity contribution in [1.29, 1.82) is 0 Å². The van der Waals surface area contributed by atoms with Crippen molar-refractivity contribution in [2.75, 3.05) is 13.2 Å². The second-order valence-electron chi connectivity index (χ2n) is 4.16. The first-order valence-electron chi connectivity index (χ1n) is 5.12. The zero-order valence-electron chi connectivity index (χ0n) is 9.25. The first-order valence-corrected chi connectivity index (χ1v) is 5.91. The highest BCUT2D eigenvalue weighted by atomic mass is 79.9. The monoisotopic (exact) mass is 284 g/mol. The van der Waals surface area contributed by atoms with Crippen LogP contribution in [0.4, 0.5) is 0 Å². The quantitative estimate of drug-likeness (QED) is 0.619. The molecule has 3 nitrogen and oxygen atoms in total. The van der Waals surface area contributed by atoms with E-state index in [-0.39, 0.29) is 5.78 Å². The smallest absolute Gasteiger partial charge is 0.179 e. The molecule has 0 amide bonds. The third kappa shape index (κ3) is 2.21. The number of hydrogen-bond acceptors (Lipinski definition) is 3. The molecule has 0 aliphatic carbocycles. The van der Waals surface area contributed by atoms with Crippen LogP contribution in [0.15, 0.2) is 18.2 Å². The lowest BCUT2D eigenvalue weighted by atomic mass is 10.0. The minimum atomic E-state index is -0.559. The van der Waals surface area contributed by atoms with Gasteiger partial charge in [0.1, 0.15) is 13.2 Å². The van der Waals surface area contributed by atoms with Gasteiger partial charge in [-0.1, -0.05) is 15.9 Å². The van der Waals surface area contributed by atoms with E-state index in [0.29, 0.717) is 30.3 Å². The predicted molar refractivity (Wildman–Crippen MR) is 64.8 cm³/mol. The number of ketones is 1. The van der Waals surface area contributed by atoms with Crippen molar-refractivity contribution in [3.05, 3.63) is 23.8 Å². The fourth-order valence-electron chi connectivity index (χ4n) is 1.53.